The summed E-state index contributed by atoms with van der Waals surface area (Å²) in [5.41, 5.74) is 4.95. The Balaban J connectivity index is 0. The first-order valence-corrected chi connectivity index (χ1v) is 5.70. The van der Waals surface area contributed by atoms with Crippen molar-refractivity contribution >= 4 is 18.1 Å². The fraction of sp³-hybridized carbons (Fsp3) is 0.583. The Kier molecular flexibility index (Phi) is 12.5. The van der Waals surface area contributed by atoms with Gasteiger partial charge < -0.3 is 15.2 Å². The quantitative estimate of drug-likeness (QED) is 0.260. The van der Waals surface area contributed by atoms with Gasteiger partial charge in [0.25, 0.3) is 0 Å². The molecule has 0 aromatic carbocycles. The highest BCUT2D eigenvalue weighted by Crippen LogP contribution is 1.97. The molecule has 0 aliphatic carbocycles. The van der Waals surface area contributed by atoms with Crippen LogP contribution in [0.2, 0.25) is 0 Å². The number of primary amides is 1. The predicted molar refractivity (Wildman–Crippen MR) is 68.9 cm³/mol. The van der Waals surface area contributed by atoms with Gasteiger partial charge in [-0.25, -0.2) is 14.4 Å². The molecule has 0 aliphatic rings. The maximum Gasteiger partial charge on any atom is 0.404 e. The van der Waals surface area contributed by atoms with Gasteiger partial charge in [0.05, 0.1) is 6.61 Å². The molecule has 0 spiro atoms. The first-order chi connectivity index (χ1) is 8.84. The van der Waals surface area contributed by atoms with Crippen molar-refractivity contribution in [3.05, 3.63) is 12.2 Å². The molecule has 7 nitrogen and oxygen atoms in total. The van der Waals surface area contributed by atoms with Gasteiger partial charge in [-0.05, 0) is 20.3 Å². The van der Waals surface area contributed by atoms with E-state index in [1.54, 1.807) is 0 Å². The number of carbonyl (C=O) groups excluding carboxylic acids is 3. The molecule has 7 heteroatoms. The van der Waals surface area contributed by atoms with E-state index in [1.807, 2.05) is 6.92 Å². The minimum Gasteiger partial charge on any atom is -0.450 e. The van der Waals surface area contributed by atoms with E-state index in [1.165, 1.54) is 19.9 Å². The van der Waals surface area contributed by atoms with Crippen LogP contribution in [-0.2, 0) is 19.1 Å². The number of aliphatic imine (C=N–C) groups is 1. The Bertz CT molecular complexity index is 348. The number of unbranched alkanes of at least 4 members (excludes halogenated alkanes) is 1. The lowest BCUT2D eigenvalue weighted by Gasteiger charge is -2.05. The van der Waals surface area contributed by atoms with E-state index in [9.17, 15) is 14.4 Å². The van der Waals surface area contributed by atoms with Gasteiger partial charge in [0, 0.05) is 5.57 Å². The van der Waals surface area contributed by atoms with Crippen molar-refractivity contribution in [1.82, 2.24) is 0 Å². The molecule has 0 aromatic rings. The molecule has 0 saturated heterocycles. The molecule has 0 aliphatic heterocycles. The Hall–Kier alpha value is -2.14. The molecule has 0 aromatic heterocycles. The van der Waals surface area contributed by atoms with Crippen LogP contribution < -0.4 is 5.73 Å². The topological polar surface area (TPSA) is 108 Å². The zero-order valence-electron chi connectivity index (χ0n) is 11.5. The number of carbonyl (C=O) groups is 2. The molecular weight excluding hydrogens is 252 g/mol. The Morgan fingerprint density at radius 3 is 2.42 bits per heavy atom. The SMILES string of the molecule is C=C(C)C(=O)OC(C)N=C=O.CCCCOC(N)=O. The van der Waals surface area contributed by atoms with Crippen molar-refractivity contribution in [1.29, 1.82) is 0 Å². The van der Waals surface area contributed by atoms with Crippen LogP contribution in [0.15, 0.2) is 17.1 Å². The molecule has 0 fully saturated rings. The highest BCUT2D eigenvalue weighted by atomic mass is 16.6. The second kappa shape index (κ2) is 12.3. The molecule has 0 radical (unpaired) electrons. The molecule has 1 atom stereocenters. The fourth-order valence-electron chi connectivity index (χ4n) is 0.673. The van der Waals surface area contributed by atoms with Gasteiger partial charge in [-0.15, -0.1) is 0 Å². The molecular formula is C12H20N2O5. The molecule has 2 N–H and O–H groups in total. The van der Waals surface area contributed by atoms with Crippen LogP contribution in [0, 0.1) is 0 Å². The van der Waals surface area contributed by atoms with Crippen LogP contribution in [0.5, 0.6) is 0 Å². The van der Waals surface area contributed by atoms with Crippen molar-refractivity contribution in [2.24, 2.45) is 10.7 Å². The van der Waals surface area contributed by atoms with E-state index in [4.69, 9.17) is 0 Å². The van der Waals surface area contributed by atoms with Gasteiger partial charge in [-0.2, -0.15) is 4.99 Å². The van der Waals surface area contributed by atoms with Crippen LogP contribution in [0.25, 0.3) is 0 Å². The number of ether oxygens (including phenoxy) is 2. The average Bonchev–Trinajstić information content (AvgIpc) is 2.29. The first kappa shape index (κ1) is 19.2. The Morgan fingerprint density at radius 2 is 2.05 bits per heavy atom. The normalized spacial score (nSPS) is 10.1. The minimum atomic E-state index is -0.781. The number of rotatable bonds is 6. The van der Waals surface area contributed by atoms with E-state index in [0.29, 0.717) is 6.61 Å². The van der Waals surface area contributed by atoms with Crippen molar-refractivity contribution < 1.29 is 23.9 Å². The van der Waals surface area contributed by atoms with Crippen molar-refractivity contribution in [2.45, 2.75) is 39.8 Å². The summed E-state index contributed by atoms with van der Waals surface area (Å²) in [5.74, 6) is -0.559. The van der Waals surface area contributed by atoms with Crippen LogP contribution in [0.4, 0.5) is 4.79 Å². The number of esters is 1. The predicted octanol–water partition coefficient (Wildman–Crippen LogP) is 1.67. The standard InChI is InChI=1S/C7H9NO3.C5H11NO2/c1-5(2)7(10)11-6(3)8-4-9;1-2-3-4-8-5(6)7/h6H,1H2,2-3H3;2-4H2,1H3,(H2,6,7). The maximum atomic E-state index is 10.7. The summed E-state index contributed by atoms with van der Waals surface area (Å²) >= 11 is 0. The third-order valence-electron chi connectivity index (χ3n) is 1.60. The highest BCUT2D eigenvalue weighted by Gasteiger charge is 2.07. The van der Waals surface area contributed by atoms with E-state index in [2.05, 4.69) is 26.8 Å². The van der Waals surface area contributed by atoms with Gasteiger partial charge in [-0.3, -0.25) is 0 Å². The lowest BCUT2D eigenvalue weighted by atomic mass is 10.4. The fourth-order valence-corrected chi connectivity index (χ4v) is 0.673. The zero-order chi connectivity index (χ0) is 15.3. The molecule has 0 rings (SSSR count). The van der Waals surface area contributed by atoms with Crippen molar-refractivity contribution in [3.63, 3.8) is 0 Å². The second-order valence-electron chi connectivity index (χ2n) is 3.53. The number of nitrogens with two attached hydrogens (primary N) is 1. The van der Waals surface area contributed by atoms with Crippen LogP contribution in [0.1, 0.15) is 33.6 Å². The lowest BCUT2D eigenvalue weighted by molar-refractivity contribution is -0.142. The van der Waals surface area contributed by atoms with E-state index in [-0.39, 0.29) is 5.57 Å². The van der Waals surface area contributed by atoms with Crippen molar-refractivity contribution in [3.8, 4) is 0 Å². The number of nitrogens with zero attached hydrogens (tertiary/aromatic N) is 1. The molecule has 0 bridgehead atoms. The number of hydrogen-bond donors (Lipinski definition) is 1. The molecule has 1 unspecified atom stereocenters. The summed E-state index contributed by atoms with van der Waals surface area (Å²) in [6, 6.07) is 0. The Morgan fingerprint density at radius 1 is 1.47 bits per heavy atom. The Labute approximate surface area is 112 Å². The summed E-state index contributed by atoms with van der Waals surface area (Å²) in [6.45, 7) is 8.80. The average molecular weight is 272 g/mol. The van der Waals surface area contributed by atoms with Gasteiger partial charge in [0.15, 0.2) is 0 Å². The van der Waals surface area contributed by atoms with Crippen LogP contribution >= 0.6 is 0 Å². The largest absolute Gasteiger partial charge is 0.450 e. The number of isocyanates is 1. The molecule has 108 valence electrons. The van der Waals surface area contributed by atoms with E-state index < -0.39 is 18.3 Å². The number of hydrogen-bond acceptors (Lipinski definition) is 6. The summed E-state index contributed by atoms with van der Waals surface area (Å²) < 4.78 is 9.01. The first-order valence-electron chi connectivity index (χ1n) is 5.70. The van der Waals surface area contributed by atoms with Crippen LogP contribution in [0.3, 0.4) is 0 Å². The second-order valence-corrected chi connectivity index (χ2v) is 3.53. The summed E-state index contributed by atoms with van der Waals surface area (Å²) in [6.07, 6.45) is 1.73. The minimum absolute atomic E-state index is 0.276. The van der Waals surface area contributed by atoms with Gasteiger partial charge in [-0.1, -0.05) is 19.9 Å². The summed E-state index contributed by atoms with van der Waals surface area (Å²) in [5, 5.41) is 0. The summed E-state index contributed by atoms with van der Waals surface area (Å²) in [7, 11) is 0. The molecule has 0 saturated carbocycles. The third kappa shape index (κ3) is 15.9. The van der Waals surface area contributed by atoms with Crippen LogP contribution in [-0.4, -0.2) is 31.0 Å². The van der Waals surface area contributed by atoms with Crippen molar-refractivity contribution in [2.75, 3.05) is 6.61 Å². The molecule has 1 amide bonds. The summed E-state index contributed by atoms with van der Waals surface area (Å²) in [4.78, 5) is 33.4. The monoisotopic (exact) mass is 272 g/mol. The van der Waals surface area contributed by atoms with Gasteiger partial charge >= 0.3 is 12.1 Å². The highest BCUT2D eigenvalue weighted by molar-refractivity contribution is 5.87. The van der Waals surface area contributed by atoms with Gasteiger partial charge in [0.2, 0.25) is 12.3 Å². The number of amides is 1. The molecule has 19 heavy (non-hydrogen) atoms. The van der Waals surface area contributed by atoms with Gasteiger partial charge in [0.1, 0.15) is 0 Å². The molecule has 0 heterocycles. The third-order valence-corrected chi connectivity index (χ3v) is 1.60. The maximum absolute atomic E-state index is 10.7. The lowest BCUT2D eigenvalue weighted by Crippen LogP contribution is -2.13. The zero-order valence-corrected chi connectivity index (χ0v) is 11.5. The smallest absolute Gasteiger partial charge is 0.404 e. The van der Waals surface area contributed by atoms with E-state index >= 15 is 0 Å². The van der Waals surface area contributed by atoms with E-state index in [0.717, 1.165) is 12.8 Å².